The molecular weight excluding hydrogens is 484 g/mol. The fraction of sp³-hybridized carbons (Fsp3) is 0.957. The average Bonchev–Trinajstić information content (AvgIpc) is 2.91. The van der Waals surface area contributed by atoms with Crippen LogP contribution < -0.4 is 0 Å². The van der Waals surface area contributed by atoms with Crippen LogP contribution in [-0.2, 0) is 61.6 Å². The summed E-state index contributed by atoms with van der Waals surface area (Å²) in [5.74, 6) is 0. The van der Waals surface area contributed by atoms with Gasteiger partial charge in [0.05, 0.1) is 19.8 Å². The second-order valence-corrected chi connectivity index (χ2v) is 8.32. The molecule has 0 unspecified atom stereocenters. The van der Waals surface area contributed by atoms with Gasteiger partial charge in [0, 0.05) is 56.9 Å². The number of aldehydes is 1. The first-order valence-electron chi connectivity index (χ1n) is 11.7. The summed E-state index contributed by atoms with van der Waals surface area (Å²) in [6.07, 6.45) is -6.70. The molecule has 0 amide bonds. The standard InChI is InChI=1S/C23H42O13/c1-25-10-16(17(29-5)13(9-24)26-2)35-22-21(32-8)19(15(28-4)12-33-22)36-23-20(31-7)18(30-6)14(27-3)11-34-23/h9,13-23H,10-12H2,1-8H3/t13-,14+,15+,16+,17+,18-,19-,20+,21+,22-,23-/m0/s1. The van der Waals surface area contributed by atoms with Crippen molar-refractivity contribution in [3.63, 3.8) is 0 Å². The van der Waals surface area contributed by atoms with Gasteiger partial charge in [0.15, 0.2) is 18.9 Å². The number of methoxy groups -OCH3 is 8. The number of ether oxygens (including phenoxy) is 12. The van der Waals surface area contributed by atoms with Crippen molar-refractivity contribution >= 4 is 6.29 Å². The predicted octanol–water partition coefficient (Wildman–Crippen LogP) is -0.580. The van der Waals surface area contributed by atoms with Gasteiger partial charge in [0.2, 0.25) is 0 Å². The van der Waals surface area contributed by atoms with Gasteiger partial charge >= 0.3 is 0 Å². The van der Waals surface area contributed by atoms with Crippen molar-refractivity contribution in [2.45, 2.75) is 67.5 Å². The van der Waals surface area contributed by atoms with Crippen molar-refractivity contribution in [2.75, 3.05) is 76.7 Å². The third kappa shape index (κ3) is 7.40. The van der Waals surface area contributed by atoms with Crippen LogP contribution >= 0.6 is 0 Å². The van der Waals surface area contributed by atoms with Gasteiger partial charge in [0.1, 0.15) is 54.9 Å². The van der Waals surface area contributed by atoms with Gasteiger partial charge in [0.25, 0.3) is 0 Å². The van der Waals surface area contributed by atoms with E-state index in [1.165, 1.54) is 28.4 Å². The minimum Gasteiger partial charge on any atom is -0.382 e. The summed E-state index contributed by atoms with van der Waals surface area (Å²) in [7, 11) is 12.1. The average molecular weight is 527 g/mol. The van der Waals surface area contributed by atoms with E-state index in [-0.39, 0.29) is 25.9 Å². The molecule has 36 heavy (non-hydrogen) atoms. The zero-order chi connectivity index (χ0) is 26.7. The zero-order valence-electron chi connectivity index (χ0n) is 22.4. The summed E-state index contributed by atoms with van der Waals surface area (Å²) in [4.78, 5) is 11.5. The normalized spacial score (nSPS) is 35.8. The van der Waals surface area contributed by atoms with Gasteiger partial charge in [-0.15, -0.1) is 0 Å². The summed E-state index contributed by atoms with van der Waals surface area (Å²) in [5.41, 5.74) is 0. The molecule has 0 aromatic carbocycles. The molecule has 2 aliphatic rings. The highest BCUT2D eigenvalue weighted by Gasteiger charge is 2.49. The van der Waals surface area contributed by atoms with Crippen LogP contribution in [0.5, 0.6) is 0 Å². The second kappa shape index (κ2) is 16.2. The Balaban J connectivity index is 2.25. The Morgan fingerprint density at radius 2 is 1.28 bits per heavy atom. The van der Waals surface area contributed by atoms with E-state index in [9.17, 15) is 4.79 Å². The Labute approximate surface area is 212 Å². The van der Waals surface area contributed by atoms with E-state index in [2.05, 4.69) is 0 Å². The third-order valence-corrected chi connectivity index (χ3v) is 6.49. The molecule has 0 aromatic rings. The first-order chi connectivity index (χ1) is 17.5. The van der Waals surface area contributed by atoms with Crippen molar-refractivity contribution in [2.24, 2.45) is 0 Å². The van der Waals surface area contributed by atoms with Gasteiger partial charge < -0.3 is 61.6 Å². The van der Waals surface area contributed by atoms with Crippen LogP contribution in [0, 0.1) is 0 Å². The molecule has 2 fully saturated rings. The van der Waals surface area contributed by atoms with Crippen molar-refractivity contribution < 1.29 is 61.6 Å². The molecule has 0 aliphatic carbocycles. The van der Waals surface area contributed by atoms with E-state index in [0.717, 1.165) is 0 Å². The lowest BCUT2D eigenvalue weighted by Crippen LogP contribution is -2.62. The van der Waals surface area contributed by atoms with Crippen LogP contribution in [0.1, 0.15) is 0 Å². The highest BCUT2D eigenvalue weighted by Crippen LogP contribution is 2.30. The van der Waals surface area contributed by atoms with Crippen molar-refractivity contribution in [1.82, 2.24) is 0 Å². The maximum Gasteiger partial charge on any atom is 0.187 e. The molecule has 13 nitrogen and oxygen atoms in total. The Bertz CT molecular complexity index is 611. The molecule has 11 atom stereocenters. The number of carbonyl (C=O) groups excluding carboxylic acids is 1. The van der Waals surface area contributed by atoms with E-state index in [1.54, 1.807) is 28.4 Å². The number of hydrogen-bond donors (Lipinski definition) is 0. The Kier molecular flexibility index (Phi) is 14.1. The molecule has 0 radical (unpaired) electrons. The molecule has 2 aliphatic heterocycles. The maximum atomic E-state index is 11.5. The van der Waals surface area contributed by atoms with E-state index in [0.29, 0.717) is 6.29 Å². The quantitative estimate of drug-likeness (QED) is 0.238. The van der Waals surface area contributed by atoms with Crippen LogP contribution in [0.3, 0.4) is 0 Å². The first kappa shape index (κ1) is 31.4. The molecule has 2 heterocycles. The Hall–Kier alpha value is -0.810. The van der Waals surface area contributed by atoms with Crippen LogP contribution in [0.2, 0.25) is 0 Å². The fourth-order valence-corrected chi connectivity index (χ4v) is 4.54. The largest absolute Gasteiger partial charge is 0.382 e. The Morgan fingerprint density at radius 1 is 0.722 bits per heavy atom. The smallest absolute Gasteiger partial charge is 0.187 e. The highest BCUT2D eigenvalue weighted by atomic mass is 16.8. The van der Waals surface area contributed by atoms with Crippen molar-refractivity contribution in [3.8, 4) is 0 Å². The molecule has 0 saturated carbocycles. The van der Waals surface area contributed by atoms with Gasteiger partial charge in [-0.1, -0.05) is 0 Å². The van der Waals surface area contributed by atoms with Crippen molar-refractivity contribution in [3.05, 3.63) is 0 Å². The molecule has 0 bridgehead atoms. The number of carbonyl (C=O) groups is 1. The minimum atomic E-state index is -0.914. The number of hydrogen-bond acceptors (Lipinski definition) is 13. The number of rotatable bonds is 16. The second-order valence-electron chi connectivity index (χ2n) is 8.32. The lowest BCUT2D eigenvalue weighted by Gasteiger charge is -2.46. The molecule has 13 heteroatoms. The summed E-state index contributed by atoms with van der Waals surface area (Å²) in [6.45, 7) is 0.490. The first-order valence-corrected chi connectivity index (χ1v) is 11.7. The summed E-state index contributed by atoms with van der Waals surface area (Å²) in [5, 5.41) is 0. The molecule has 0 N–H and O–H groups in total. The van der Waals surface area contributed by atoms with E-state index in [4.69, 9.17) is 56.8 Å². The van der Waals surface area contributed by atoms with Gasteiger partial charge in [-0.2, -0.15) is 0 Å². The van der Waals surface area contributed by atoms with E-state index in [1.807, 2.05) is 0 Å². The topological polar surface area (TPSA) is 128 Å². The molecule has 2 saturated heterocycles. The van der Waals surface area contributed by atoms with Crippen LogP contribution in [0.4, 0.5) is 0 Å². The lowest BCUT2D eigenvalue weighted by atomic mass is 10.0. The van der Waals surface area contributed by atoms with Crippen LogP contribution in [-0.4, -0.2) is 151 Å². The van der Waals surface area contributed by atoms with Gasteiger partial charge in [-0.25, -0.2) is 0 Å². The summed E-state index contributed by atoms with van der Waals surface area (Å²) < 4.78 is 68.7. The molecule has 0 spiro atoms. The van der Waals surface area contributed by atoms with Crippen LogP contribution in [0.15, 0.2) is 0 Å². The fourth-order valence-electron chi connectivity index (χ4n) is 4.54. The van der Waals surface area contributed by atoms with E-state index >= 15 is 0 Å². The molecule has 0 aromatic heterocycles. The predicted molar refractivity (Wildman–Crippen MR) is 123 cm³/mol. The van der Waals surface area contributed by atoms with Gasteiger partial charge in [-0.3, -0.25) is 0 Å². The molecular formula is C23H42O13. The maximum absolute atomic E-state index is 11.5. The molecule has 212 valence electrons. The zero-order valence-corrected chi connectivity index (χ0v) is 22.4. The summed E-state index contributed by atoms with van der Waals surface area (Å²) in [6, 6.07) is 0. The van der Waals surface area contributed by atoms with Crippen LogP contribution in [0.25, 0.3) is 0 Å². The lowest BCUT2D eigenvalue weighted by molar-refractivity contribution is -0.350. The third-order valence-electron chi connectivity index (χ3n) is 6.49. The SMILES string of the molecule is COC[C@@H](O[C@@H]1OC[C@@H](OC)[C@H](O[C@@H]2OC[C@@H](OC)[C@H](OC)[C@H]2OC)[C@H]1OC)[C@H](OC)[C@H](C=O)OC. The summed E-state index contributed by atoms with van der Waals surface area (Å²) >= 11 is 0. The van der Waals surface area contributed by atoms with Crippen molar-refractivity contribution in [1.29, 1.82) is 0 Å². The van der Waals surface area contributed by atoms with Gasteiger partial charge in [-0.05, 0) is 0 Å². The highest BCUT2D eigenvalue weighted by molar-refractivity contribution is 5.57. The Morgan fingerprint density at radius 3 is 1.75 bits per heavy atom. The van der Waals surface area contributed by atoms with E-state index < -0.39 is 61.4 Å². The minimum absolute atomic E-state index is 0.104. The monoisotopic (exact) mass is 526 g/mol. The molecule has 2 rings (SSSR count).